The smallest absolute Gasteiger partial charge is 0.209 e. The normalized spacial score (nSPS) is 16.8. The van der Waals surface area contributed by atoms with Gasteiger partial charge in [-0.1, -0.05) is 74.5 Å². The molecule has 2 aromatic heterocycles. The summed E-state index contributed by atoms with van der Waals surface area (Å²) >= 11 is 0. The van der Waals surface area contributed by atoms with Crippen LogP contribution in [0.25, 0.3) is 44.1 Å². The van der Waals surface area contributed by atoms with Crippen LogP contribution in [0, 0.1) is 10.2 Å². The van der Waals surface area contributed by atoms with E-state index in [0.717, 1.165) is 22.5 Å². The average molecular weight is 711 g/mol. The number of likely N-dealkylation sites (N-methyl/N-ethyl adjacent to an activating group) is 1. The van der Waals surface area contributed by atoms with Crippen LogP contribution < -0.4 is 23.5 Å². The van der Waals surface area contributed by atoms with Crippen LogP contribution in [0.15, 0.2) is 133 Å². The van der Waals surface area contributed by atoms with Crippen LogP contribution in [0.2, 0.25) is 0 Å². The van der Waals surface area contributed by atoms with Gasteiger partial charge in [0, 0.05) is 75.8 Å². The van der Waals surface area contributed by atoms with Gasteiger partial charge in [-0.3, -0.25) is 9.97 Å². The molecule has 0 saturated carbocycles. The van der Waals surface area contributed by atoms with Gasteiger partial charge in [-0.15, -0.1) is 10.2 Å². The Kier molecular flexibility index (Phi) is 8.85. The molecule has 0 aliphatic carbocycles. The zero-order valence-corrected chi connectivity index (χ0v) is 30.7. The second-order valence-electron chi connectivity index (χ2n) is 14.3. The molecular formula is C43H39ClN4O4. The number of hydrogen-bond donors (Lipinski definition) is 0. The van der Waals surface area contributed by atoms with E-state index in [1.807, 2.05) is 12.4 Å². The first-order valence-electron chi connectivity index (χ1n) is 17.0. The van der Waals surface area contributed by atoms with E-state index in [9.17, 15) is 0 Å². The highest BCUT2D eigenvalue weighted by Gasteiger charge is 2.43. The molecule has 0 unspecified atom stereocenters. The van der Waals surface area contributed by atoms with Crippen LogP contribution in [0.3, 0.4) is 0 Å². The third-order valence-corrected chi connectivity index (χ3v) is 10.5. The molecule has 2 aliphatic rings. The van der Waals surface area contributed by atoms with Crippen molar-refractivity contribution in [3.8, 4) is 22.5 Å². The van der Waals surface area contributed by atoms with Crippen molar-refractivity contribution < 1.29 is 33.5 Å². The van der Waals surface area contributed by atoms with E-state index < -0.39 is 10.2 Å². The molecule has 0 amide bonds. The zero-order chi connectivity index (χ0) is 37.0. The van der Waals surface area contributed by atoms with Crippen molar-refractivity contribution in [1.82, 2.24) is 9.97 Å². The number of aromatic nitrogens is 2. The second-order valence-corrected chi connectivity index (χ2v) is 15.0. The molecular weight excluding hydrogens is 672 g/mol. The van der Waals surface area contributed by atoms with Crippen LogP contribution >= 0.6 is 0 Å². The molecule has 9 heteroatoms. The molecule has 0 radical (unpaired) electrons. The minimum atomic E-state index is -4.94. The van der Waals surface area contributed by atoms with Gasteiger partial charge in [-0.2, -0.15) is 4.58 Å². The molecule has 8 nitrogen and oxygen atoms in total. The third-order valence-electron chi connectivity index (χ3n) is 10.5. The first-order chi connectivity index (χ1) is 24.7. The maximum Gasteiger partial charge on any atom is 0.209 e. The van der Waals surface area contributed by atoms with Gasteiger partial charge in [-0.25, -0.2) is 18.6 Å². The standard InChI is InChI=1S/C43H39N4.ClHO4/c1-42(2)34-26-30(40-32-14-9-7-12-28(32)22-24-44-40)18-20-36(34)46(5)38(42)16-11-17-39-43(3,4)35-27-31(19-21-37(35)47(39)6)41-33-15-10-8-13-29(33)23-25-45-41;2-1(3,4)5/h7-27H,1-6H3;(H,2,3,4,5)/q+1;/p-1. The maximum atomic E-state index is 8.49. The highest BCUT2D eigenvalue weighted by atomic mass is 35.7. The van der Waals surface area contributed by atoms with Gasteiger partial charge >= 0.3 is 0 Å². The Morgan fingerprint density at radius 1 is 0.673 bits per heavy atom. The lowest BCUT2D eigenvalue weighted by atomic mass is 9.80. The lowest BCUT2D eigenvalue weighted by Crippen LogP contribution is -2.68. The number of benzene rings is 4. The van der Waals surface area contributed by atoms with Gasteiger partial charge in [0.2, 0.25) is 5.69 Å². The molecule has 0 spiro atoms. The lowest BCUT2D eigenvalue weighted by Gasteiger charge is -2.24. The number of pyridine rings is 2. The van der Waals surface area contributed by atoms with E-state index in [1.54, 1.807) is 0 Å². The quantitative estimate of drug-likeness (QED) is 0.230. The Labute approximate surface area is 305 Å². The third kappa shape index (κ3) is 6.29. The molecule has 2 aliphatic heterocycles. The monoisotopic (exact) mass is 710 g/mol. The van der Waals surface area contributed by atoms with Crippen LogP contribution in [-0.4, -0.2) is 34.4 Å². The van der Waals surface area contributed by atoms with E-state index >= 15 is 0 Å². The summed E-state index contributed by atoms with van der Waals surface area (Å²) in [6.07, 6.45) is 10.6. The van der Waals surface area contributed by atoms with Crippen molar-refractivity contribution in [2.24, 2.45) is 0 Å². The van der Waals surface area contributed by atoms with Crippen LogP contribution in [0.4, 0.5) is 11.4 Å². The van der Waals surface area contributed by atoms with Crippen molar-refractivity contribution >= 4 is 38.6 Å². The molecule has 52 heavy (non-hydrogen) atoms. The van der Waals surface area contributed by atoms with Crippen molar-refractivity contribution in [2.45, 2.75) is 38.5 Å². The molecule has 4 heterocycles. The van der Waals surface area contributed by atoms with Gasteiger partial charge in [0.15, 0.2) is 5.71 Å². The fraction of sp³-hybridized carbons (Fsp3) is 0.186. The summed E-state index contributed by atoms with van der Waals surface area (Å²) < 4.78 is 36.3. The predicted molar refractivity (Wildman–Crippen MR) is 197 cm³/mol. The Morgan fingerprint density at radius 3 is 1.77 bits per heavy atom. The summed E-state index contributed by atoms with van der Waals surface area (Å²) in [5.74, 6) is 0. The number of fused-ring (bicyclic) bond motifs is 4. The van der Waals surface area contributed by atoms with Crippen molar-refractivity contribution in [2.75, 3.05) is 19.0 Å². The summed E-state index contributed by atoms with van der Waals surface area (Å²) in [6.45, 7) is 9.30. The van der Waals surface area contributed by atoms with Crippen molar-refractivity contribution in [3.63, 3.8) is 0 Å². The predicted octanol–water partition coefficient (Wildman–Crippen LogP) is 5.23. The first-order valence-corrected chi connectivity index (χ1v) is 18.2. The molecule has 262 valence electrons. The number of rotatable bonds is 4. The van der Waals surface area contributed by atoms with Crippen LogP contribution in [-0.2, 0) is 10.8 Å². The summed E-state index contributed by atoms with van der Waals surface area (Å²) in [7, 11) is -0.582. The van der Waals surface area contributed by atoms with Gasteiger partial charge < -0.3 is 4.90 Å². The topological polar surface area (TPSA) is 124 Å². The Hall–Kier alpha value is -5.22. The fourth-order valence-corrected chi connectivity index (χ4v) is 7.90. The largest absolute Gasteiger partial charge is 0.347 e. The molecule has 0 bridgehead atoms. The summed E-state index contributed by atoms with van der Waals surface area (Å²) in [5, 5.41) is 4.78. The zero-order valence-electron chi connectivity index (χ0n) is 29.9. The van der Waals surface area contributed by atoms with E-state index in [0.29, 0.717) is 0 Å². The Balaban J connectivity index is 0.000000789. The van der Waals surface area contributed by atoms with Crippen LogP contribution in [0.1, 0.15) is 38.8 Å². The van der Waals surface area contributed by atoms with E-state index in [-0.39, 0.29) is 10.8 Å². The lowest BCUT2D eigenvalue weighted by molar-refractivity contribution is -2.00. The van der Waals surface area contributed by atoms with Gasteiger partial charge in [0.25, 0.3) is 0 Å². The second kappa shape index (κ2) is 13.1. The molecule has 8 rings (SSSR count). The maximum absolute atomic E-state index is 8.49. The minimum Gasteiger partial charge on any atom is -0.347 e. The molecule has 0 atom stereocenters. The number of anilines is 1. The van der Waals surface area contributed by atoms with Crippen molar-refractivity contribution in [1.29, 1.82) is 0 Å². The van der Waals surface area contributed by atoms with Crippen LogP contribution in [0.5, 0.6) is 0 Å². The van der Waals surface area contributed by atoms with E-state index in [2.05, 4.69) is 167 Å². The molecule has 6 aromatic rings. The first kappa shape index (κ1) is 35.2. The van der Waals surface area contributed by atoms with Gasteiger partial charge in [0.1, 0.15) is 7.05 Å². The average Bonchev–Trinajstić information content (AvgIpc) is 3.43. The number of nitrogens with zero attached hydrogens (tertiary/aromatic N) is 4. The summed E-state index contributed by atoms with van der Waals surface area (Å²) in [6, 6.07) is 34.7. The number of hydrogen-bond acceptors (Lipinski definition) is 7. The number of halogens is 1. The molecule has 0 fully saturated rings. The minimum absolute atomic E-state index is 0.167. The Morgan fingerprint density at radius 2 is 1.19 bits per heavy atom. The van der Waals surface area contributed by atoms with E-state index in [4.69, 9.17) is 28.6 Å². The highest BCUT2D eigenvalue weighted by molar-refractivity contribution is 6.04. The summed E-state index contributed by atoms with van der Waals surface area (Å²) in [5.41, 5.74) is 11.7. The fourth-order valence-electron chi connectivity index (χ4n) is 7.90. The molecule has 4 aromatic carbocycles. The van der Waals surface area contributed by atoms with Crippen molar-refractivity contribution in [3.05, 3.63) is 145 Å². The number of allylic oxidation sites excluding steroid dienone is 4. The molecule has 0 saturated heterocycles. The summed E-state index contributed by atoms with van der Waals surface area (Å²) in [4.78, 5) is 12.0. The van der Waals surface area contributed by atoms with E-state index in [1.165, 1.54) is 55.5 Å². The molecule has 0 N–H and O–H groups in total. The van der Waals surface area contributed by atoms with Gasteiger partial charge in [-0.05, 0) is 72.7 Å². The van der Waals surface area contributed by atoms with Gasteiger partial charge in [0.05, 0.1) is 16.8 Å². The Bertz CT molecular complexity index is 2440. The SMILES string of the molecule is CN1C(=CC=CC2=[N+](C)c3ccc(-c4nccc5ccccc45)cc3C2(C)C)C(C)(C)c2cc(-c3nccc4ccccc34)ccc21.[O-][Cl+3]([O-])([O-])[O-]. The highest BCUT2D eigenvalue weighted by Crippen LogP contribution is 2.48.